The zero-order valence-electron chi connectivity index (χ0n) is 12.5. The van der Waals surface area contributed by atoms with Gasteiger partial charge in [0.2, 0.25) is 5.91 Å². The van der Waals surface area contributed by atoms with E-state index >= 15 is 0 Å². The normalized spacial score (nSPS) is 16.9. The molecule has 1 saturated heterocycles. The summed E-state index contributed by atoms with van der Waals surface area (Å²) in [7, 11) is 0. The first-order valence-corrected chi connectivity index (χ1v) is 7.30. The Morgan fingerprint density at radius 2 is 1.95 bits per heavy atom. The zero-order valence-corrected chi connectivity index (χ0v) is 12.5. The van der Waals surface area contributed by atoms with Crippen molar-refractivity contribution in [3.63, 3.8) is 0 Å². The van der Waals surface area contributed by atoms with Gasteiger partial charge in [-0.2, -0.15) is 0 Å². The Balaban J connectivity index is 1.80. The number of rotatable bonds is 5. The van der Waals surface area contributed by atoms with Gasteiger partial charge in [-0.1, -0.05) is 0 Å². The molecule has 1 amide bonds. The molecule has 0 unspecified atom stereocenters. The zero-order chi connectivity index (χ0) is 15.2. The van der Waals surface area contributed by atoms with Gasteiger partial charge in [0.25, 0.3) is 0 Å². The molecule has 21 heavy (non-hydrogen) atoms. The maximum atomic E-state index is 12.1. The average molecular weight is 292 g/mol. The van der Waals surface area contributed by atoms with Gasteiger partial charge in [0.1, 0.15) is 0 Å². The van der Waals surface area contributed by atoms with E-state index in [1.165, 1.54) is 0 Å². The Morgan fingerprint density at radius 1 is 1.29 bits per heavy atom. The van der Waals surface area contributed by atoms with Crippen LogP contribution in [0.3, 0.4) is 0 Å². The fourth-order valence-corrected chi connectivity index (χ4v) is 2.53. The molecule has 1 aliphatic rings. The van der Waals surface area contributed by atoms with Crippen molar-refractivity contribution in [1.82, 2.24) is 9.80 Å². The minimum absolute atomic E-state index is 0.00141. The SMILES string of the molecule is Cc1cc(N)ccc1NC(=O)CN1CCN(CCO)CC1. The highest BCUT2D eigenvalue weighted by Gasteiger charge is 2.18. The molecule has 0 radical (unpaired) electrons. The molecule has 0 aliphatic carbocycles. The molecule has 6 heteroatoms. The van der Waals surface area contributed by atoms with Gasteiger partial charge in [0.15, 0.2) is 0 Å². The summed E-state index contributed by atoms with van der Waals surface area (Å²) in [6.07, 6.45) is 0. The number of nitrogens with one attached hydrogen (secondary N) is 1. The van der Waals surface area contributed by atoms with Gasteiger partial charge in [-0.15, -0.1) is 0 Å². The minimum atomic E-state index is -0.00141. The molecule has 1 heterocycles. The first-order valence-electron chi connectivity index (χ1n) is 7.30. The van der Waals surface area contributed by atoms with Crippen molar-refractivity contribution in [2.45, 2.75) is 6.92 Å². The van der Waals surface area contributed by atoms with Crippen LogP contribution in [0.2, 0.25) is 0 Å². The molecule has 0 saturated carbocycles. The lowest BCUT2D eigenvalue weighted by Crippen LogP contribution is -2.49. The Labute approximate surface area is 125 Å². The summed E-state index contributed by atoms with van der Waals surface area (Å²) in [6, 6.07) is 5.47. The van der Waals surface area contributed by atoms with Gasteiger partial charge in [-0.05, 0) is 30.7 Å². The highest BCUT2D eigenvalue weighted by atomic mass is 16.3. The molecule has 0 aromatic heterocycles. The van der Waals surface area contributed by atoms with Crippen molar-refractivity contribution < 1.29 is 9.90 Å². The molecular formula is C15H24N4O2. The van der Waals surface area contributed by atoms with E-state index < -0.39 is 0 Å². The van der Waals surface area contributed by atoms with Crippen molar-refractivity contribution in [2.75, 3.05) is 56.9 Å². The molecular weight excluding hydrogens is 268 g/mol. The number of carbonyl (C=O) groups is 1. The number of nitrogens with zero attached hydrogens (tertiary/aromatic N) is 2. The number of amides is 1. The van der Waals surface area contributed by atoms with Gasteiger partial charge in [-0.25, -0.2) is 0 Å². The Bertz CT molecular complexity index is 485. The average Bonchev–Trinajstić information content (AvgIpc) is 2.44. The van der Waals surface area contributed by atoms with E-state index in [0.717, 1.165) is 37.4 Å². The third-order valence-corrected chi connectivity index (χ3v) is 3.77. The fourth-order valence-electron chi connectivity index (χ4n) is 2.53. The standard InChI is InChI=1S/C15H24N4O2/c1-12-10-13(16)2-3-14(12)17-15(21)11-19-6-4-18(5-7-19)8-9-20/h2-3,10,20H,4-9,11,16H2,1H3,(H,17,21). The van der Waals surface area contributed by atoms with Gasteiger partial charge >= 0.3 is 0 Å². The van der Waals surface area contributed by atoms with Crippen LogP contribution in [-0.4, -0.2) is 66.7 Å². The van der Waals surface area contributed by atoms with Crippen molar-refractivity contribution >= 4 is 17.3 Å². The Kier molecular flexibility index (Phi) is 5.55. The lowest BCUT2D eigenvalue weighted by atomic mass is 10.2. The number of nitrogen functional groups attached to an aromatic ring is 1. The van der Waals surface area contributed by atoms with Crippen molar-refractivity contribution in [3.05, 3.63) is 23.8 Å². The molecule has 0 atom stereocenters. The summed E-state index contributed by atoms with van der Waals surface area (Å²) in [5.74, 6) is -0.00141. The predicted octanol–water partition coefficient (Wildman–Crippen LogP) is 0.126. The number of aliphatic hydroxyl groups is 1. The summed E-state index contributed by atoms with van der Waals surface area (Å²) in [4.78, 5) is 16.4. The molecule has 2 rings (SSSR count). The van der Waals surface area contributed by atoms with Crippen molar-refractivity contribution in [3.8, 4) is 0 Å². The number of hydrogen-bond acceptors (Lipinski definition) is 5. The van der Waals surface area contributed by atoms with Gasteiger partial charge in [-0.3, -0.25) is 14.6 Å². The van der Waals surface area contributed by atoms with Crippen LogP contribution in [0.4, 0.5) is 11.4 Å². The second kappa shape index (κ2) is 7.40. The maximum Gasteiger partial charge on any atom is 0.238 e. The number of benzene rings is 1. The van der Waals surface area contributed by atoms with Crippen LogP contribution < -0.4 is 11.1 Å². The van der Waals surface area contributed by atoms with E-state index in [1.54, 1.807) is 6.07 Å². The van der Waals surface area contributed by atoms with Crippen LogP contribution in [0, 0.1) is 6.92 Å². The first-order chi connectivity index (χ1) is 10.1. The monoisotopic (exact) mass is 292 g/mol. The third-order valence-electron chi connectivity index (χ3n) is 3.77. The van der Waals surface area contributed by atoms with Gasteiger partial charge in [0.05, 0.1) is 13.2 Å². The number of aliphatic hydroxyl groups excluding tert-OH is 1. The van der Waals surface area contributed by atoms with E-state index in [4.69, 9.17) is 10.8 Å². The summed E-state index contributed by atoms with van der Waals surface area (Å²) < 4.78 is 0. The first kappa shape index (κ1) is 15.8. The quantitative estimate of drug-likeness (QED) is 0.672. The van der Waals surface area contributed by atoms with Crippen LogP contribution in [0.15, 0.2) is 18.2 Å². The number of nitrogens with two attached hydrogens (primary N) is 1. The molecule has 0 bridgehead atoms. The van der Waals surface area contributed by atoms with Gasteiger partial charge in [0, 0.05) is 44.1 Å². The number of carbonyl (C=O) groups excluding carboxylic acids is 1. The van der Waals surface area contributed by atoms with Crippen LogP contribution >= 0.6 is 0 Å². The van der Waals surface area contributed by atoms with E-state index in [1.807, 2.05) is 19.1 Å². The Morgan fingerprint density at radius 3 is 2.57 bits per heavy atom. The molecule has 1 aliphatic heterocycles. The summed E-state index contributed by atoms with van der Waals surface area (Å²) in [5.41, 5.74) is 8.18. The lowest BCUT2D eigenvalue weighted by Gasteiger charge is -2.33. The van der Waals surface area contributed by atoms with E-state index in [2.05, 4.69) is 15.1 Å². The molecule has 4 N–H and O–H groups in total. The summed E-state index contributed by atoms with van der Waals surface area (Å²) in [5, 5.41) is 11.8. The fraction of sp³-hybridized carbons (Fsp3) is 0.533. The van der Waals surface area contributed by atoms with Gasteiger partial charge < -0.3 is 16.2 Å². The number of aryl methyl sites for hydroxylation is 1. The highest BCUT2D eigenvalue weighted by molar-refractivity contribution is 5.93. The summed E-state index contributed by atoms with van der Waals surface area (Å²) in [6.45, 7) is 6.74. The number of β-amino-alcohol motifs (C(OH)–C–C–N with tert-alkyl or cyclic N) is 1. The van der Waals surface area contributed by atoms with E-state index in [0.29, 0.717) is 18.8 Å². The molecule has 0 spiro atoms. The second-order valence-corrected chi connectivity index (χ2v) is 5.46. The largest absolute Gasteiger partial charge is 0.399 e. The van der Waals surface area contributed by atoms with Crippen molar-refractivity contribution in [2.24, 2.45) is 0 Å². The molecule has 1 fully saturated rings. The third kappa shape index (κ3) is 4.70. The number of anilines is 2. The van der Waals surface area contributed by atoms with Crippen LogP contribution in [-0.2, 0) is 4.79 Å². The predicted molar refractivity (Wildman–Crippen MR) is 84.2 cm³/mol. The molecule has 6 nitrogen and oxygen atoms in total. The van der Waals surface area contributed by atoms with E-state index in [9.17, 15) is 4.79 Å². The lowest BCUT2D eigenvalue weighted by molar-refractivity contribution is -0.117. The van der Waals surface area contributed by atoms with Crippen LogP contribution in [0.1, 0.15) is 5.56 Å². The number of piperazine rings is 1. The molecule has 1 aromatic rings. The second-order valence-electron chi connectivity index (χ2n) is 5.46. The maximum absolute atomic E-state index is 12.1. The number of hydrogen-bond donors (Lipinski definition) is 3. The highest BCUT2D eigenvalue weighted by Crippen LogP contribution is 2.17. The molecule has 116 valence electrons. The smallest absolute Gasteiger partial charge is 0.238 e. The van der Waals surface area contributed by atoms with Crippen LogP contribution in [0.25, 0.3) is 0 Å². The topological polar surface area (TPSA) is 81.8 Å². The van der Waals surface area contributed by atoms with Crippen molar-refractivity contribution in [1.29, 1.82) is 0 Å². The summed E-state index contributed by atoms with van der Waals surface area (Å²) >= 11 is 0. The minimum Gasteiger partial charge on any atom is -0.399 e. The van der Waals surface area contributed by atoms with Crippen LogP contribution in [0.5, 0.6) is 0 Å². The van der Waals surface area contributed by atoms with E-state index in [-0.39, 0.29) is 12.5 Å². The Hall–Kier alpha value is -1.63. The molecule has 1 aromatic carbocycles.